The van der Waals surface area contributed by atoms with Crippen LogP contribution in [0.2, 0.25) is 0 Å². The quantitative estimate of drug-likeness (QED) is 0.728. The Hall–Kier alpha value is -0.0300. The first kappa shape index (κ1) is 24.2. The molecule has 0 radical (unpaired) electrons. The SMILES string of the molecule is CCCN(C)CC1CCN(C(=O)C(CC)(CC)CN)C1.Cl.Cl. The van der Waals surface area contributed by atoms with E-state index in [9.17, 15) is 4.79 Å². The first-order valence-electron chi connectivity index (χ1n) is 8.20. The maximum absolute atomic E-state index is 12.7. The zero-order chi connectivity index (χ0) is 15.2. The molecule has 1 aliphatic rings. The molecule has 4 nitrogen and oxygen atoms in total. The van der Waals surface area contributed by atoms with Crippen molar-refractivity contribution in [1.82, 2.24) is 9.80 Å². The predicted molar refractivity (Wildman–Crippen MR) is 99.0 cm³/mol. The van der Waals surface area contributed by atoms with E-state index in [-0.39, 0.29) is 36.1 Å². The second-order valence-corrected chi connectivity index (χ2v) is 6.36. The Morgan fingerprint density at radius 3 is 2.32 bits per heavy atom. The molecule has 1 aliphatic heterocycles. The third-order valence-electron chi connectivity index (χ3n) is 4.95. The van der Waals surface area contributed by atoms with E-state index in [1.54, 1.807) is 0 Å². The fourth-order valence-corrected chi connectivity index (χ4v) is 3.34. The summed E-state index contributed by atoms with van der Waals surface area (Å²) < 4.78 is 0. The molecule has 0 aromatic carbocycles. The molecule has 1 fully saturated rings. The molecule has 6 heteroatoms. The van der Waals surface area contributed by atoms with Gasteiger partial charge in [0.05, 0.1) is 5.41 Å². The molecular formula is C16H35Cl2N3O. The number of nitrogens with zero attached hydrogens (tertiary/aromatic N) is 2. The summed E-state index contributed by atoms with van der Waals surface area (Å²) in [6.07, 6.45) is 4.01. The van der Waals surface area contributed by atoms with Crippen molar-refractivity contribution >= 4 is 30.7 Å². The van der Waals surface area contributed by atoms with Crippen LogP contribution in [0.15, 0.2) is 0 Å². The number of rotatable bonds is 8. The van der Waals surface area contributed by atoms with Gasteiger partial charge in [-0.15, -0.1) is 24.8 Å². The molecule has 0 aromatic rings. The number of amides is 1. The van der Waals surface area contributed by atoms with Gasteiger partial charge in [0.15, 0.2) is 0 Å². The Kier molecular flexibility index (Phi) is 12.7. The molecule has 0 aromatic heterocycles. The first-order valence-corrected chi connectivity index (χ1v) is 8.20. The second-order valence-electron chi connectivity index (χ2n) is 6.36. The Bertz CT molecular complexity index is 304. The van der Waals surface area contributed by atoms with Crippen LogP contribution in [-0.2, 0) is 4.79 Å². The van der Waals surface area contributed by atoms with Crippen molar-refractivity contribution in [2.45, 2.75) is 46.5 Å². The molecule has 0 spiro atoms. The van der Waals surface area contributed by atoms with Crippen LogP contribution in [0.25, 0.3) is 0 Å². The van der Waals surface area contributed by atoms with Crippen molar-refractivity contribution in [2.24, 2.45) is 17.1 Å². The molecule has 1 atom stereocenters. The Morgan fingerprint density at radius 1 is 1.27 bits per heavy atom. The number of carbonyl (C=O) groups is 1. The van der Waals surface area contributed by atoms with Crippen LogP contribution in [0, 0.1) is 11.3 Å². The van der Waals surface area contributed by atoms with Gasteiger partial charge < -0.3 is 15.5 Å². The van der Waals surface area contributed by atoms with Crippen LogP contribution < -0.4 is 5.73 Å². The van der Waals surface area contributed by atoms with E-state index in [1.807, 2.05) is 0 Å². The summed E-state index contributed by atoms with van der Waals surface area (Å²) in [5.41, 5.74) is 5.57. The van der Waals surface area contributed by atoms with Gasteiger partial charge in [0.1, 0.15) is 0 Å². The predicted octanol–water partition coefficient (Wildman–Crippen LogP) is 2.79. The molecule has 2 N–H and O–H groups in total. The Labute approximate surface area is 149 Å². The summed E-state index contributed by atoms with van der Waals surface area (Å²) in [5, 5.41) is 0. The van der Waals surface area contributed by atoms with Crippen LogP contribution in [0.1, 0.15) is 46.5 Å². The van der Waals surface area contributed by atoms with Crippen LogP contribution in [0.3, 0.4) is 0 Å². The second kappa shape index (κ2) is 11.5. The van der Waals surface area contributed by atoms with Crippen LogP contribution >= 0.6 is 24.8 Å². The summed E-state index contributed by atoms with van der Waals surface area (Å²) in [7, 11) is 2.18. The maximum Gasteiger partial charge on any atom is 0.230 e. The normalized spacial score (nSPS) is 18.1. The van der Waals surface area contributed by atoms with E-state index in [0.29, 0.717) is 12.5 Å². The number of hydrogen-bond donors (Lipinski definition) is 1. The zero-order valence-corrected chi connectivity index (χ0v) is 16.3. The van der Waals surface area contributed by atoms with Crippen molar-refractivity contribution in [3.05, 3.63) is 0 Å². The number of nitrogens with two attached hydrogens (primary N) is 1. The van der Waals surface area contributed by atoms with Gasteiger partial charge in [0, 0.05) is 26.2 Å². The van der Waals surface area contributed by atoms with Gasteiger partial charge in [-0.25, -0.2) is 0 Å². The lowest BCUT2D eigenvalue weighted by Crippen LogP contribution is -2.47. The Balaban J connectivity index is 0. The van der Waals surface area contributed by atoms with E-state index in [1.165, 1.54) is 6.42 Å². The molecular weight excluding hydrogens is 321 g/mol. The minimum Gasteiger partial charge on any atom is -0.342 e. The number of carbonyl (C=O) groups excluding carboxylic acids is 1. The zero-order valence-electron chi connectivity index (χ0n) is 14.6. The first-order chi connectivity index (χ1) is 9.52. The van der Waals surface area contributed by atoms with E-state index in [4.69, 9.17) is 5.73 Å². The molecule has 0 aliphatic carbocycles. The average Bonchev–Trinajstić information content (AvgIpc) is 2.89. The molecule has 1 saturated heterocycles. The van der Waals surface area contributed by atoms with Gasteiger partial charge >= 0.3 is 0 Å². The van der Waals surface area contributed by atoms with Gasteiger partial charge in [0.2, 0.25) is 5.91 Å². The number of halogens is 2. The highest BCUT2D eigenvalue weighted by atomic mass is 35.5. The van der Waals surface area contributed by atoms with E-state index >= 15 is 0 Å². The van der Waals surface area contributed by atoms with Gasteiger partial charge in [0.25, 0.3) is 0 Å². The average molecular weight is 356 g/mol. The summed E-state index contributed by atoms with van der Waals surface area (Å²) >= 11 is 0. The summed E-state index contributed by atoms with van der Waals surface area (Å²) in [6, 6.07) is 0. The highest BCUT2D eigenvalue weighted by Gasteiger charge is 2.39. The number of hydrogen-bond acceptors (Lipinski definition) is 3. The lowest BCUT2D eigenvalue weighted by atomic mass is 9.81. The minimum absolute atomic E-state index is 0. The molecule has 22 heavy (non-hydrogen) atoms. The fourth-order valence-electron chi connectivity index (χ4n) is 3.34. The molecule has 134 valence electrons. The van der Waals surface area contributed by atoms with Gasteiger partial charge in [-0.2, -0.15) is 0 Å². The highest BCUT2D eigenvalue weighted by Crippen LogP contribution is 2.30. The van der Waals surface area contributed by atoms with Crippen molar-refractivity contribution in [3.63, 3.8) is 0 Å². The highest BCUT2D eigenvalue weighted by molar-refractivity contribution is 5.85. The molecule has 1 unspecified atom stereocenters. The molecule has 0 bridgehead atoms. The lowest BCUT2D eigenvalue weighted by Gasteiger charge is -2.33. The largest absolute Gasteiger partial charge is 0.342 e. The summed E-state index contributed by atoms with van der Waals surface area (Å²) in [4.78, 5) is 17.2. The van der Waals surface area contributed by atoms with Crippen LogP contribution in [0.5, 0.6) is 0 Å². The topological polar surface area (TPSA) is 49.6 Å². The van der Waals surface area contributed by atoms with Crippen LogP contribution in [-0.4, -0.2) is 55.5 Å². The smallest absolute Gasteiger partial charge is 0.230 e. The number of likely N-dealkylation sites (tertiary alicyclic amines) is 1. The van der Waals surface area contributed by atoms with E-state index < -0.39 is 0 Å². The summed E-state index contributed by atoms with van der Waals surface area (Å²) in [6.45, 7) is 10.9. The molecule has 1 amide bonds. The molecule has 1 rings (SSSR count). The third-order valence-corrected chi connectivity index (χ3v) is 4.95. The van der Waals surface area contributed by atoms with Crippen molar-refractivity contribution in [1.29, 1.82) is 0 Å². The van der Waals surface area contributed by atoms with Crippen molar-refractivity contribution in [3.8, 4) is 0 Å². The third kappa shape index (κ3) is 5.88. The molecule has 1 heterocycles. The van der Waals surface area contributed by atoms with Crippen LogP contribution in [0.4, 0.5) is 0 Å². The van der Waals surface area contributed by atoms with Gasteiger partial charge in [-0.1, -0.05) is 20.8 Å². The van der Waals surface area contributed by atoms with E-state index in [0.717, 1.165) is 45.4 Å². The van der Waals surface area contributed by atoms with Crippen molar-refractivity contribution in [2.75, 3.05) is 39.8 Å². The van der Waals surface area contributed by atoms with Crippen molar-refractivity contribution < 1.29 is 4.79 Å². The van der Waals surface area contributed by atoms with Gasteiger partial charge in [-0.05, 0) is 45.2 Å². The molecule has 0 saturated carbocycles. The summed E-state index contributed by atoms with van der Waals surface area (Å²) in [5.74, 6) is 0.908. The lowest BCUT2D eigenvalue weighted by molar-refractivity contribution is -0.141. The van der Waals surface area contributed by atoms with E-state index in [2.05, 4.69) is 37.6 Å². The standard InChI is InChI=1S/C16H33N3O.2ClH/c1-5-9-18(4)11-14-8-10-19(12-14)15(20)16(6-2,7-3)13-17;;/h14H,5-13,17H2,1-4H3;2*1H. The minimum atomic E-state index is -0.329. The monoisotopic (exact) mass is 355 g/mol. The maximum atomic E-state index is 12.7. The van der Waals surface area contributed by atoms with Gasteiger partial charge in [-0.3, -0.25) is 4.79 Å². The fraction of sp³-hybridized carbons (Fsp3) is 0.938. The Morgan fingerprint density at radius 2 is 1.86 bits per heavy atom.